The number of nitrogens with zero attached hydrogens (tertiary/aromatic N) is 1. The molecule has 4 amide bonds. The van der Waals surface area contributed by atoms with Crippen LogP contribution in [-0.2, 0) is 29.1 Å². The van der Waals surface area contributed by atoms with Crippen LogP contribution in [0.4, 0.5) is 10.5 Å². The summed E-state index contributed by atoms with van der Waals surface area (Å²) in [6.07, 6.45) is 9.95. The molecule has 0 unspecified atom stereocenters. The molecular formula is C33H45N5O7S. The number of piperidine rings is 1. The number of carbonyl (C=O) groups is 4. The topological polar surface area (TPSA) is 163 Å². The van der Waals surface area contributed by atoms with Crippen molar-refractivity contribution in [3.63, 3.8) is 0 Å². The molecule has 12 nitrogen and oxygen atoms in total. The van der Waals surface area contributed by atoms with Crippen molar-refractivity contribution < 1.29 is 32.3 Å². The summed E-state index contributed by atoms with van der Waals surface area (Å²) >= 11 is 0. The first-order valence-electron chi connectivity index (χ1n) is 16.8. The second kappa shape index (κ2) is 13.2. The number of alkyl carbamates (subject to hydrolysis) is 1. The van der Waals surface area contributed by atoms with Crippen LogP contribution < -0.4 is 20.7 Å². The van der Waals surface area contributed by atoms with Crippen molar-refractivity contribution in [1.29, 1.82) is 0 Å². The minimum absolute atomic E-state index is 0.0478. The van der Waals surface area contributed by atoms with E-state index in [0.717, 1.165) is 57.8 Å². The summed E-state index contributed by atoms with van der Waals surface area (Å²) in [7, 11) is -4.28. The second-order valence-electron chi connectivity index (χ2n) is 13.5. The zero-order valence-electron chi connectivity index (χ0n) is 26.2. The van der Waals surface area contributed by atoms with E-state index in [4.69, 9.17) is 4.74 Å². The molecule has 1 saturated heterocycles. The van der Waals surface area contributed by atoms with E-state index >= 15 is 0 Å². The summed E-state index contributed by atoms with van der Waals surface area (Å²) in [6.45, 7) is 4.71. The predicted molar refractivity (Wildman–Crippen MR) is 170 cm³/mol. The molecule has 1 spiro atoms. The summed E-state index contributed by atoms with van der Waals surface area (Å²) in [4.78, 5) is 56.0. The lowest BCUT2D eigenvalue weighted by atomic mass is 10.0. The van der Waals surface area contributed by atoms with Crippen molar-refractivity contribution in [1.82, 2.24) is 20.3 Å². The average molecular weight is 656 g/mol. The SMILES string of the molecule is C=C[C@@H]1C[C@@]12NC(=O)[C@@H]1[C@H]3C[C@H]3CN1C(=O)[C@@H](NC(=O)OC1CCCC1)CCCCCCCNc1ccccc1S(=O)(=O)NC2=O. The molecule has 250 valence electrons. The molecule has 3 saturated carbocycles. The Balaban J connectivity index is 1.25. The first-order valence-corrected chi connectivity index (χ1v) is 18.2. The Morgan fingerprint density at radius 2 is 1.74 bits per heavy atom. The van der Waals surface area contributed by atoms with Gasteiger partial charge < -0.3 is 25.6 Å². The molecular weight excluding hydrogens is 610 g/mol. The van der Waals surface area contributed by atoms with Crippen molar-refractivity contribution in [2.45, 2.75) is 106 Å². The monoisotopic (exact) mass is 655 g/mol. The predicted octanol–water partition coefficient (Wildman–Crippen LogP) is 3.20. The fourth-order valence-corrected chi connectivity index (χ4v) is 8.71. The molecule has 13 heteroatoms. The van der Waals surface area contributed by atoms with Crippen LogP contribution in [0.5, 0.6) is 0 Å². The number of ether oxygens (including phenoxy) is 1. The minimum Gasteiger partial charge on any atom is -0.446 e. The van der Waals surface area contributed by atoms with Crippen molar-refractivity contribution in [2.75, 3.05) is 18.4 Å². The van der Waals surface area contributed by atoms with Crippen LogP contribution in [0.2, 0.25) is 0 Å². The number of hydrogen-bond donors (Lipinski definition) is 4. The van der Waals surface area contributed by atoms with Gasteiger partial charge in [0.2, 0.25) is 11.8 Å². The Bertz CT molecular complexity index is 1480. The van der Waals surface area contributed by atoms with Gasteiger partial charge in [-0.1, -0.05) is 43.9 Å². The zero-order valence-corrected chi connectivity index (χ0v) is 27.0. The number of hydrogen-bond acceptors (Lipinski definition) is 8. The smallest absolute Gasteiger partial charge is 0.408 e. The van der Waals surface area contributed by atoms with Gasteiger partial charge in [-0.05, 0) is 75.3 Å². The van der Waals surface area contributed by atoms with Gasteiger partial charge in [0.1, 0.15) is 28.6 Å². The molecule has 0 bridgehead atoms. The second-order valence-corrected chi connectivity index (χ2v) is 15.2. The molecule has 4 fully saturated rings. The Labute approximate surface area is 270 Å². The Morgan fingerprint density at radius 3 is 2.50 bits per heavy atom. The highest BCUT2D eigenvalue weighted by molar-refractivity contribution is 7.90. The third-order valence-electron chi connectivity index (χ3n) is 10.3. The third kappa shape index (κ3) is 6.74. The van der Waals surface area contributed by atoms with Gasteiger partial charge in [-0.25, -0.2) is 17.9 Å². The molecule has 5 aliphatic rings. The maximum atomic E-state index is 14.0. The lowest BCUT2D eigenvalue weighted by molar-refractivity contribution is -0.142. The number of fused-ring (bicyclic) bond motifs is 4. The Kier molecular flexibility index (Phi) is 9.31. The third-order valence-corrected chi connectivity index (χ3v) is 11.7. The van der Waals surface area contributed by atoms with Crippen molar-refractivity contribution >= 4 is 39.5 Å². The number of nitrogens with one attached hydrogen (secondary N) is 4. The molecule has 1 aromatic carbocycles. The van der Waals surface area contributed by atoms with Crippen LogP contribution in [0.3, 0.4) is 0 Å². The number of anilines is 1. The summed E-state index contributed by atoms with van der Waals surface area (Å²) in [5.41, 5.74) is -1.11. The van der Waals surface area contributed by atoms with Crippen LogP contribution in [0.15, 0.2) is 41.8 Å². The van der Waals surface area contributed by atoms with Gasteiger partial charge in [-0.3, -0.25) is 14.4 Å². The molecule has 4 N–H and O–H groups in total. The van der Waals surface area contributed by atoms with E-state index < -0.39 is 51.5 Å². The lowest BCUT2D eigenvalue weighted by Crippen LogP contribution is -2.59. The quantitative estimate of drug-likeness (QED) is 0.361. The van der Waals surface area contributed by atoms with Crippen LogP contribution in [0, 0.1) is 17.8 Å². The molecule has 2 aliphatic heterocycles. The summed E-state index contributed by atoms with van der Waals surface area (Å²) < 4.78 is 34.8. The summed E-state index contributed by atoms with van der Waals surface area (Å²) in [5.74, 6) is -2.04. The molecule has 6 rings (SSSR count). The van der Waals surface area contributed by atoms with E-state index in [1.807, 2.05) is 0 Å². The van der Waals surface area contributed by atoms with Crippen LogP contribution in [-0.4, -0.2) is 73.9 Å². The van der Waals surface area contributed by atoms with E-state index in [0.29, 0.717) is 31.6 Å². The van der Waals surface area contributed by atoms with E-state index in [1.54, 1.807) is 23.1 Å². The molecule has 2 heterocycles. The summed E-state index contributed by atoms with van der Waals surface area (Å²) in [6, 6.07) is 4.76. The van der Waals surface area contributed by atoms with Gasteiger partial charge in [0.25, 0.3) is 15.9 Å². The van der Waals surface area contributed by atoms with Gasteiger partial charge in [-0.15, -0.1) is 6.58 Å². The maximum absolute atomic E-state index is 14.0. The highest BCUT2D eigenvalue weighted by Gasteiger charge is 2.64. The standard InChI is InChI=1S/C33H45N5O7S/c1-2-22-19-33(22)31(41)37-46(43,44)27-16-10-9-14-25(27)34-17-11-5-3-4-6-15-26(35-32(42)45-23-12-7-8-13-23)30(40)38-20-21-18-24(21)28(38)29(39)36-33/h2,9-10,14,16,21-24,26,28,34H,1,3-8,11-13,15,17-20H2,(H,35,42)(H,36,39)(H,37,41)/t21-,22+,24-,26-,28-,33+/m0/s1. The van der Waals surface area contributed by atoms with Crippen molar-refractivity contribution in [2.24, 2.45) is 17.8 Å². The average Bonchev–Trinajstić information content (AvgIpc) is 3.83. The van der Waals surface area contributed by atoms with Crippen molar-refractivity contribution in [3.8, 4) is 0 Å². The highest BCUT2D eigenvalue weighted by atomic mass is 32.2. The summed E-state index contributed by atoms with van der Waals surface area (Å²) in [5, 5.41) is 8.86. The molecule has 3 aliphatic carbocycles. The van der Waals surface area contributed by atoms with E-state index in [2.05, 4.69) is 27.3 Å². The van der Waals surface area contributed by atoms with Crippen LogP contribution in [0.25, 0.3) is 0 Å². The molecule has 0 radical (unpaired) electrons. The molecule has 1 aromatic rings. The zero-order chi connectivity index (χ0) is 32.5. The number of benzene rings is 1. The highest BCUT2D eigenvalue weighted by Crippen LogP contribution is 2.51. The van der Waals surface area contributed by atoms with Gasteiger partial charge in [-0.2, -0.15) is 0 Å². The minimum atomic E-state index is -4.28. The lowest BCUT2D eigenvalue weighted by Gasteiger charge is -2.32. The van der Waals surface area contributed by atoms with E-state index in [1.165, 1.54) is 12.1 Å². The van der Waals surface area contributed by atoms with Gasteiger partial charge in [0.15, 0.2) is 0 Å². The Hall–Kier alpha value is -3.61. The largest absolute Gasteiger partial charge is 0.446 e. The van der Waals surface area contributed by atoms with Gasteiger partial charge in [0.05, 0.1) is 5.69 Å². The normalized spacial score (nSPS) is 33.3. The number of para-hydroxylation sites is 1. The van der Waals surface area contributed by atoms with Gasteiger partial charge >= 0.3 is 6.09 Å². The van der Waals surface area contributed by atoms with E-state index in [9.17, 15) is 27.6 Å². The van der Waals surface area contributed by atoms with Crippen LogP contribution >= 0.6 is 0 Å². The van der Waals surface area contributed by atoms with E-state index in [-0.39, 0.29) is 35.2 Å². The van der Waals surface area contributed by atoms with Gasteiger partial charge in [0, 0.05) is 19.0 Å². The first kappa shape index (κ1) is 32.3. The number of sulfonamides is 1. The molecule has 46 heavy (non-hydrogen) atoms. The van der Waals surface area contributed by atoms with Crippen LogP contribution in [0.1, 0.15) is 77.0 Å². The number of amides is 4. The van der Waals surface area contributed by atoms with Crippen molar-refractivity contribution in [3.05, 3.63) is 36.9 Å². The molecule has 0 aromatic heterocycles. The number of carbonyl (C=O) groups excluding carboxylic acids is 4. The molecule has 6 atom stereocenters. The number of rotatable bonds is 3. The maximum Gasteiger partial charge on any atom is 0.408 e. The fourth-order valence-electron chi connectivity index (χ4n) is 7.49. The fraction of sp³-hybridized carbons (Fsp3) is 0.636. The first-order chi connectivity index (χ1) is 22.1. The Morgan fingerprint density at radius 1 is 1.02 bits per heavy atom.